The number of benzene rings is 1. The first-order valence-corrected chi connectivity index (χ1v) is 6.34. The van der Waals surface area contributed by atoms with E-state index in [1.54, 1.807) is 24.3 Å². The summed E-state index contributed by atoms with van der Waals surface area (Å²) in [4.78, 5) is 22.5. The van der Waals surface area contributed by atoms with Gasteiger partial charge in [0.05, 0.1) is 6.42 Å². The molecule has 0 aliphatic rings. The topological polar surface area (TPSA) is 92.4 Å². The molecule has 1 aromatic rings. The van der Waals surface area contributed by atoms with Gasteiger partial charge in [-0.05, 0) is 37.1 Å². The van der Waals surface area contributed by atoms with Gasteiger partial charge in [0.25, 0.3) is 0 Å². The van der Waals surface area contributed by atoms with Gasteiger partial charge in [-0.25, -0.2) is 0 Å². The molecule has 0 fully saturated rings. The third-order valence-electron chi connectivity index (χ3n) is 2.84. The molecule has 0 saturated heterocycles. The molecule has 0 aromatic heterocycles. The van der Waals surface area contributed by atoms with E-state index in [0.717, 1.165) is 12.8 Å². The van der Waals surface area contributed by atoms with E-state index in [0.29, 0.717) is 17.8 Å². The van der Waals surface area contributed by atoms with Crippen molar-refractivity contribution in [2.24, 2.45) is 11.7 Å². The highest BCUT2D eigenvalue weighted by Gasteiger charge is 2.12. The molecule has 0 heterocycles. The first kappa shape index (κ1) is 15.2. The summed E-state index contributed by atoms with van der Waals surface area (Å²) in [7, 11) is 0. The molecule has 0 bridgehead atoms. The van der Waals surface area contributed by atoms with Gasteiger partial charge in [-0.15, -0.1) is 0 Å². The molecule has 0 aliphatic heterocycles. The van der Waals surface area contributed by atoms with Crippen molar-refractivity contribution >= 4 is 17.6 Å². The van der Waals surface area contributed by atoms with Gasteiger partial charge in [0.15, 0.2) is 0 Å². The number of hydrogen-bond acceptors (Lipinski definition) is 3. The summed E-state index contributed by atoms with van der Waals surface area (Å²) < 4.78 is 0. The van der Waals surface area contributed by atoms with Crippen molar-refractivity contribution in [3.63, 3.8) is 0 Å². The molecule has 104 valence electrons. The van der Waals surface area contributed by atoms with Gasteiger partial charge in [0.2, 0.25) is 5.91 Å². The fraction of sp³-hybridized carbons (Fsp3) is 0.429. The van der Waals surface area contributed by atoms with Gasteiger partial charge < -0.3 is 16.2 Å². The Balaban J connectivity index is 2.61. The minimum Gasteiger partial charge on any atom is -0.481 e. The Kier molecular flexibility index (Phi) is 6.02. The molecule has 1 rings (SSSR count). The lowest BCUT2D eigenvalue weighted by Crippen LogP contribution is -2.21. The molecular formula is C14H20N2O3. The monoisotopic (exact) mass is 264 g/mol. The van der Waals surface area contributed by atoms with Crippen molar-refractivity contribution in [2.45, 2.75) is 26.2 Å². The minimum atomic E-state index is -0.889. The molecule has 5 heteroatoms. The molecule has 4 N–H and O–H groups in total. The zero-order chi connectivity index (χ0) is 14.3. The number of nitrogens with one attached hydrogen (secondary N) is 1. The van der Waals surface area contributed by atoms with Crippen molar-refractivity contribution in [1.82, 2.24) is 0 Å². The minimum absolute atomic E-state index is 0.0492. The molecule has 19 heavy (non-hydrogen) atoms. The summed E-state index contributed by atoms with van der Waals surface area (Å²) in [6, 6.07) is 6.89. The molecule has 5 nitrogen and oxygen atoms in total. The molecule has 0 aliphatic carbocycles. The van der Waals surface area contributed by atoms with Crippen LogP contribution in [0.2, 0.25) is 0 Å². The maximum Gasteiger partial charge on any atom is 0.307 e. The van der Waals surface area contributed by atoms with Crippen LogP contribution in [0.3, 0.4) is 0 Å². The Morgan fingerprint density at radius 1 is 1.42 bits per heavy atom. The Bertz CT molecular complexity index is 446. The number of carbonyl (C=O) groups is 2. The first-order chi connectivity index (χ1) is 9.02. The van der Waals surface area contributed by atoms with Crippen LogP contribution in [-0.2, 0) is 16.0 Å². The number of nitrogens with two attached hydrogens (primary N) is 1. The highest BCUT2D eigenvalue weighted by molar-refractivity contribution is 5.92. The molecule has 1 unspecified atom stereocenters. The van der Waals surface area contributed by atoms with Crippen LogP contribution in [0.15, 0.2) is 24.3 Å². The van der Waals surface area contributed by atoms with E-state index < -0.39 is 5.97 Å². The van der Waals surface area contributed by atoms with E-state index in [1.807, 2.05) is 6.92 Å². The van der Waals surface area contributed by atoms with Crippen LogP contribution in [0, 0.1) is 5.92 Å². The molecule has 0 spiro atoms. The lowest BCUT2D eigenvalue weighted by Gasteiger charge is -2.12. The van der Waals surface area contributed by atoms with Gasteiger partial charge in [-0.2, -0.15) is 0 Å². The number of carbonyl (C=O) groups excluding carboxylic acids is 1. The number of rotatable bonds is 7. The Morgan fingerprint density at radius 2 is 2.16 bits per heavy atom. The highest BCUT2D eigenvalue weighted by Crippen LogP contribution is 2.14. The van der Waals surface area contributed by atoms with E-state index in [1.165, 1.54) is 0 Å². The maximum atomic E-state index is 11.9. The number of amides is 1. The van der Waals surface area contributed by atoms with Gasteiger partial charge in [-0.1, -0.05) is 19.1 Å². The Labute approximate surface area is 112 Å². The summed E-state index contributed by atoms with van der Waals surface area (Å²) in [6.07, 6.45) is 1.51. The van der Waals surface area contributed by atoms with Crippen LogP contribution in [0.1, 0.15) is 25.3 Å². The lowest BCUT2D eigenvalue weighted by molar-refractivity contribution is -0.136. The third-order valence-corrected chi connectivity index (χ3v) is 2.84. The maximum absolute atomic E-state index is 11.9. The predicted molar refractivity (Wildman–Crippen MR) is 73.9 cm³/mol. The van der Waals surface area contributed by atoms with E-state index in [9.17, 15) is 9.59 Å². The number of anilines is 1. The zero-order valence-electron chi connectivity index (χ0n) is 11.1. The van der Waals surface area contributed by atoms with Crippen molar-refractivity contribution in [2.75, 3.05) is 11.9 Å². The van der Waals surface area contributed by atoms with Crippen molar-refractivity contribution in [3.05, 3.63) is 29.8 Å². The van der Waals surface area contributed by atoms with E-state index in [4.69, 9.17) is 10.8 Å². The van der Waals surface area contributed by atoms with Gasteiger partial charge in [0.1, 0.15) is 0 Å². The fourth-order valence-electron chi connectivity index (χ4n) is 1.75. The summed E-state index contributed by atoms with van der Waals surface area (Å²) >= 11 is 0. The predicted octanol–water partition coefficient (Wildman–Crippen LogP) is 1.63. The van der Waals surface area contributed by atoms with E-state index in [-0.39, 0.29) is 18.2 Å². The van der Waals surface area contributed by atoms with E-state index in [2.05, 4.69) is 5.32 Å². The largest absolute Gasteiger partial charge is 0.481 e. The zero-order valence-corrected chi connectivity index (χ0v) is 11.1. The van der Waals surface area contributed by atoms with Crippen LogP contribution >= 0.6 is 0 Å². The molecule has 1 atom stereocenters. The second-order valence-electron chi connectivity index (χ2n) is 4.59. The van der Waals surface area contributed by atoms with E-state index >= 15 is 0 Å². The highest BCUT2D eigenvalue weighted by atomic mass is 16.4. The van der Waals surface area contributed by atoms with Crippen LogP contribution in [0.25, 0.3) is 0 Å². The summed E-state index contributed by atoms with van der Waals surface area (Å²) in [5.41, 5.74) is 6.70. The number of hydrogen-bond donors (Lipinski definition) is 3. The second kappa shape index (κ2) is 7.53. The molecule has 1 aromatic carbocycles. The second-order valence-corrected chi connectivity index (χ2v) is 4.59. The van der Waals surface area contributed by atoms with Gasteiger partial charge in [0, 0.05) is 11.6 Å². The molecular weight excluding hydrogens is 244 g/mol. The van der Waals surface area contributed by atoms with Crippen molar-refractivity contribution in [3.8, 4) is 0 Å². The normalized spacial score (nSPS) is 11.9. The number of aliphatic carboxylic acids is 1. The average Bonchev–Trinajstić information content (AvgIpc) is 2.35. The number of carboxylic acid groups (broad SMARTS) is 1. The first-order valence-electron chi connectivity index (χ1n) is 6.34. The average molecular weight is 264 g/mol. The quantitative estimate of drug-likeness (QED) is 0.697. The van der Waals surface area contributed by atoms with Crippen molar-refractivity contribution in [1.29, 1.82) is 0 Å². The summed E-state index contributed by atoms with van der Waals surface area (Å²) in [6.45, 7) is 2.43. The Morgan fingerprint density at radius 3 is 2.79 bits per heavy atom. The smallest absolute Gasteiger partial charge is 0.307 e. The van der Waals surface area contributed by atoms with Crippen molar-refractivity contribution < 1.29 is 14.7 Å². The van der Waals surface area contributed by atoms with Gasteiger partial charge in [-0.3, -0.25) is 9.59 Å². The molecule has 1 amide bonds. The van der Waals surface area contributed by atoms with Crippen LogP contribution < -0.4 is 11.1 Å². The van der Waals surface area contributed by atoms with Crippen LogP contribution in [0.4, 0.5) is 5.69 Å². The fourth-order valence-corrected chi connectivity index (χ4v) is 1.75. The summed E-state index contributed by atoms with van der Waals surface area (Å²) in [5.74, 6) is -1.06. The van der Waals surface area contributed by atoms with Gasteiger partial charge >= 0.3 is 5.97 Å². The Hall–Kier alpha value is -1.88. The SMILES string of the molecule is CC(CCCN)C(=O)Nc1cccc(CC(=O)O)c1. The molecule has 0 radical (unpaired) electrons. The standard InChI is InChI=1S/C14H20N2O3/c1-10(4-3-7-15)14(19)16-12-6-2-5-11(8-12)9-13(17)18/h2,5-6,8,10H,3-4,7,9,15H2,1H3,(H,16,19)(H,17,18). The summed E-state index contributed by atoms with van der Waals surface area (Å²) in [5, 5.41) is 11.5. The molecule has 0 saturated carbocycles. The third kappa shape index (κ3) is 5.52. The van der Waals surface area contributed by atoms with Crippen LogP contribution in [-0.4, -0.2) is 23.5 Å². The lowest BCUT2D eigenvalue weighted by atomic mass is 10.0. The van der Waals surface area contributed by atoms with Crippen LogP contribution in [0.5, 0.6) is 0 Å². The number of carboxylic acids is 1.